The van der Waals surface area contributed by atoms with Crippen LogP contribution in [-0.4, -0.2) is 52.4 Å². The number of hydrogen-bond donors (Lipinski definition) is 1. The minimum Gasteiger partial charge on any atom is -0.497 e. The summed E-state index contributed by atoms with van der Waals surface area (Å²) in [6.45, 7) is 0.528. The summed E-state index contributed by atoms with van der Waals surface area (Å²) in [7, 11) is 4.57. The van der Waals surface area contributed by atoms with Gasteiger partial charge in [-0.15, -0.1) is 0 Å². The van der Waals surface area contributed by atoms with Gasteiger partial charge in [0, 0.05) is 6.07 Å². The zero-order valence-corrected chi connectivity index (χ0v) is 21.1. The maximum Gasteiger partial charge on any atom is 0.335 e. The van der Waals surface area contributed by atoms with Crippen LogP contribution in [0, 0.1) is 0 Å². The Morgan fingerprint density at radius 2 is 1.45 bits per heavy atom. The number of urea groups is 1. The van der Waals surface area contributed by atoms with Gasteiger partial charge in [-0.05, 0) is 60.2 Å². The van der Waals surface area contributed by atoms with Crippen molar-refractivity contribution >= 4 is 29.6 Å². The highest BCUT2D eigenvalue weighted by atomic mass is 16.5. The van der Waals surface area contributed by atoms with Crippen LogP contribution in [0.4, 0.5) is 10.5 Å². The Labute approximate surface area is 219 Å². The molecule has 1 fully saturated rings. The van der Waals surface area contributed by atoms with Gasteiger partial charge in [-0.2, -0.15) is 0 Å². The Bertz CT molecular complexity index is 1370. The van der Waals surface area contributed by atoms with E-state index in [0.717, 1.165) is 4.90 Å². The van der Waals surface area contributed by atoms with Gasteiger partial charge in [-0.25, -0.2) is 9.69 Å². The Morgan fingerprint density at radius 3 is 2.16 bits per heavy atom. The number of ether oxygens (including phenoxy) is 5. The second kappa shape index (κ2) is 11.8. The third-order valence-corrected chi connectivity index (χ3v) is 5.58. The van der Waals surface area contributed by atoms with E-state index in [1.165, 1.54) is 20.3 Å². The van der Waals surface area contributed by atoms with Crippen molar-refractivity contribution in [3.63, 3.8) is 0 Å². The first-order valence-electron chi connectivity index (χ1n) is 11.6. The predicted octanol–water partition coefficient (Wildman–Crippen LogP) is 3.84. The summed E-state index contributed by atoms with van der Waals surface area (Å²) in [6, 6.07) is 17.7. The average Bonchev–Trinajstić information content (AvgIpc) is 2.94. The average molecular weight is 519 g/mol. The molecule has 1 N–H and O–H groups in total. The fraction of sp³-hybridized carbons (Fsp3) is 0.179. The predicted molar refractivity (Wildman–Crippen MR) is 139 cm³/mol. The van der Waals surface area contributed by atoms with Gasteiger partial charge in [0.1, 0.15) is 36.0 Å². The topological polar surface area (TPSA) is 113 Å². The molecule has 0 radical (unpaired) electrons. The Hall–Kier alpha value is -4.99. The summed E-state index contributed by atoms with van der Waals surface area (Å²) in [6.07, 6.45) is 1.39. The lowest BCUT2D eigenvalue weighted by molar-refractivity contribution is -0.122. The number of rotatable bonds is 10. The maximum absolute atomic E-state index is 13.1. The SMILES string of the molecule is COc1ccc(N2C(=O)NC(=O)/C(=C\c3ccc(OCCOc4cccc(OC)c4)c(OC)c3)C2=O)cc1. The molecule has 4 rings (SSSR count). The van der Waals surface area contributed by atoms with Crippen molar-refractivity contribution in [3.8, 4) is 28.7 Å². The van der Waals surface area contributed by atoms with Gasteiger partial charge in [-0.3, -0.25) is 14.9 Å². The third kappa shape index (κ3) is 5.86. The monoisotopic (exact) mass is 518 g/mol. The first kappa shape index (κ1) is 26.1. The number of carbonyl (C=O) groups excluding carboxylic acids is 3. The Balaban J connectivity index is 1.46. The van der Waals surface area contributed by atoms with Gasteiger partial charge in [0.2, 0.25) is 0 Å². The summed E-state index contributed by atoms with van der Waals surface area (Å²) in [5.74, 6) is 1.21. The molecule has 0 spiro atoms. The molecule has 0 bridgehead atoms. The largest absolute Gasteiger partial charge is 0.497 e. The first-order valence-corrected chi connectivity index (χ1v) is 11.6. The zero-order chi connectivity index (χ0) is 27.1. The lowest BCUT2D eigenvalue weighted by Crippen LogP contribution is -2.54. The summed E-state index contributed by atoms with van der Waals surface area (Å²) >= 11 is 0. The normalized spacial score (nSPS) is 14.2. The number of carbonyl (C=O) groups is 3. The van der Waals surface area contributed by atoms with Crippen LogP contribution in [-0.2, 0) is 9.59 Å². The smallest absolute Gasteiger partial charge is 0.335 e. The van der Waals surface area contributed by atoms with Gasteiger partial charge in [0.05, 0.1) is 27.0 Å². The van der Waals surface area contributed by atoms with E-state index in [4.69, 9.17) is 23.7 Å². The number of methoxy groups -OCH3 is 3. The molecule has 1 aliphatic heterocycles. The molecule has 10 nitrogen and oxygen atoms in total. The van der Waals surface area contributed by atoms with Gasteiger partial charge >= 0.3 is 6.03 Å². The zero-order valence-electron chi connectivity index (χ0n) is 21.1. The summed E-state index contributed by atoms with van der Waals surface area (Å²) in [4.78, 5) is 38.9. The standard InChI is InChI=1S/C28H26N2O8/c1-34-20-10-8-19(9-11-20)30-27(32)23(26(31)29-28(30)33)15-18-7-12-24(25(16-18)36-3)38-14-13-37-22-6-4-5-21(17-22)35-2/h4-12,15-17H,13-14H2,1-3H3,(H,29,31,33)/b23-15+. The minimum atomic E-state index is -0.834. The second-order valence-corrected chi connectivity index (χ2v) is 7.94. The van der Waals surface area contributed by atoms with E-state index >= 15 is 0 Å². The van der Waals surface area contributed by atoms with Crippen LogP contribution in [0.3, 0.4) is 0 Å². The number of imide groups is 2. The first-order chi connectivity index (χ1) is 18.4. The number of hydrogen-bond acceptors (Lipinski definition) is 8. The molecule has 196 valence electrons. The molecule has 0 atom stereocenters. The molecule has 1 heterocycles. The van der Waals surface area contributed by atoms with E-state index in [-0.39, 0.29) is 18.8 Å². The van der Waals surface area contributed by atoms with E-state index in [1.54, 1.807) is 55.6 Å². The van der Waals surface area contributed by atoms with Crippen molar-refractivity contribution < 1.29 is 38.1 Å². The lowest BCUT2D eigenvalue weighted by atomic mass is 10.1. The van der Waals surface area contributed by atoms with Crippen molar-refractivity contribution in [2.45, 2.75) is 0 Å². The van der Waals surface area contributed by atoms with E-state index < -0.39 is 17.8 Å². The van der Waals surface area contributed by atoms with E-state index in [2.05, 4.69) is 5.32 Å². The fourth-order valence-corrected chi connectivity index (χ4v) is 3.69. The molecule has 0 aliphatic carbocycles. The quantitative estimate of drug-likeness (QED) is 0.245. The van der Waals surface area contributed by atoms with Crippen molar-refractivity contribution in [3.05, 3.63) is 77.9 Å². The molecule has 1 aliphatic rings. The van der Waals surface area contributed by atoms with Crippen LogP contribution < -0.4 is 33.9 Å². The van der Waals surface area contributed by atoms with Crippen LogP contribution in [0.2, 0.25) is 0 Å². The summed E-state index contributed by atoms with van der Waals surface area (Å²) in [5.41, 5.74) is 0.594. The molecule has 38 heavy (non-hydrogen) atoms. The molecular weight excluding hydrogens is 492 g/mol. The molecule has 4 amide bonds. The number of anilines is 1. The molecular formula is C28H26N2O8. The highest BCUT2D eigenvalue weighted by Gasteiger charge is 2.36. The fourth-order valence-electron chi connectivity index (χ4n) is 3.69. The van der Waals surface area contributed by atoms with Gasteiger partial charge in [-0.1, -0.05) is 12.1 Å². The molecule has 3 aromatic carbocycles. The molecule has 0 saturated carbocycles. The molecule has 0 unspecified atom stereocenters. The van der Waals surface area contributed by atoms with Gasteiger partial charge in [0.15, 0.2) is 11.5 Å². The van der Waals surface area contributed by atoms with Crippen molar-refractivity contribution in [2.24, 2.45) is 0 Å². The van der Waals surface area contributed by atoms with Gasteiger partial charge < -0.3 is 23.7 Å². The van der Waals surface area contributed by atoms with Gasteiger partial charge in [0.25, 0.3) is 11.8 Å². The number of nitrogens with zero attached hydrogens (tertiary/aromatic N) is 1. The number of nitrogens with one attached hydrogen (secondary N) is 1. The highest BCUT2D eigenvalue weighted by Crippen LogP contribution is 2.30. The van der Waals surface area contributed by atoms with Crippen LogP contribution in [0.25, 0.3) is 6.08 Å². The number of barbiturate groups is 1. The van der Waals surface area contributed by atoms with Crippen molar-refractivity contribution in [1.82, 2.24) is 5.32 Å². The Kier molecular flexibility index (Phi) is 8.12. The van der Waals surface area contributed by atoms with Crippen LogP contribution in [0.5, 0.6) is 28.7 Å². The van der Waals surface area contributed by atoms with Crippen molar-refractivity contribution in [1.29, 1.82) is 0 Å². The Morgan fingerprint density at radius 1 is 0.737 bits per heavy atom. The summed E-state index contributed by atoms with van der Waals surface area (Å²) in [5, 5.41) is 2.20. The maximum atomic E-state index is 13.1. The van der Waals surface area contributed by atoms with Crippen molar-refractivity contribution in [2.75, 3.05) is 39.4 Å². The molecule has 0 aromatic heterocycles. The molecule has 3 aromatic rings. The van der Waals surface area contributed by atoms with E-state index in [9.17, 15) is 14.4 Å². The third-order valence-electron chi connectivity index (χ3n) is 5.58. The van der Waals surface area contributed by atoms with E-state index in [1.807, 2.05) is 18.2 Å². The number of benzene rings is 3. The van der Waals surface area contributed by atoms with Crippen LogP contribution in [0.1, 0.15) is 5.56 Å². The van der Waals surface area contributed by atoms with E-state index in [0.29, 0.717) is 40.0 Å². The molecule has 10 heteroatoms. The molecule has 1 saturated heterocycles. The van der Waals surface area contributed by atoms with Crippen LogP contribution in [0.15, 0.2) is 72.3 Å². The minimum absolute atomic E-state index is 0.206. The second-order valence-electron chi connectivity index (χ2n) is 7.94. The highest BCUT2D eigenvalue weighted by molar-refractivity contribution is 6.39. The summed E-state index contributed by atoms with van der Waals surface area (Å²) < 4.78 is 27.2. The number of amides is 4. The lowest BCUT2D eigenvalue weighted by Gasteiger charge is -2.26. The van der Waals surface area contributed by atoms with Crippen LogP contribution >= 0.6 is 0 Å².